The van der Waals surface area contributed by atoms with Gasteiger partial charge in [0, 0.05) is 11.6 Å². The second-order valence-electron chi connectivity index (χ2n) is 6.22. The molecule has 0 heterocycles. The molecule has 0 bridgehead atoms. The van der Waals surface area contributed by atoms with Gasteiger partial charge in [-0.25, -0.2) is 0 Å². The van der Waals surface area contributed by atoms with E-state index >= 15 is 0 Å². The fraction of sp³-hybridized carbons (Fsp3) is 0.529. The van der Waals surface area contributed by atoms with Gasteiger partial charge in [0.05, 0.1) is 12.5 Å². The number of carbonyl (C=O) groups excluding carboxylic acids is 2. The van der Waals surface area contributed by atoms with E-state index in [1.165, 1.54) is 0 Å². The largest absolute Gasteiger partial charge is 0.391 e. The van der Waals surface area contributed by atoms with Crippen LogP contribution in [0.15, 0.2) is 24.3 Å². The number of nitrogens with one attached hydrogen (secondary N) is 2. The minimum absolute atomic E-state index is 0.0961. The molecule has 1 aromatic rings. The van der Waals surface area contributed by atoms with Crippen molar-refractivity contribution in [3.63, 3.8) is 0 Å². The summed E-state index contributed by atoms with van der Waals surface area (Å²) in [5, 5.41) is 5.06. The number of aryl methyl sites for hydroxylation is 1. The first-order valence-corrected chi connectivity index (χ1v) is 7.96. The molecule has 1 aliphatic rings. The summed E-state index contributed by atoms with van der Waals surface area (Å²) in [5.74, 6) is -2.22. The molecule has 0 aromatic heterocycles. The smallest absolute Gasteiger partial charge is 0.352 e. The highest BCUT2D eigenvalue weighted by atomic mass is 19.4. The molecule has 2 amide bonds. The molecule has 1 aliphatic carbocycles. The van der Waals surface area contributed by atoms with Gasteiger partial charge in [-0.1, -0.05) is 24.1 Å². The maximum absolute atomic E-state index is 12.8. The van der Waals surface area contributed by atoms with E-state index in [1.54, 1.807) is 24.3 Å². The zero-order valence-electron chi connectivity index (χ0n) is 13.5. The van der Waals surface area contributed by atoms with Crippen molar-refractivity contribution in [1.29, 1.82) is 0 Å². The SMILES string of the molecule is Cc1ccc(C(=O)NCC(=O)N[C@H]2CCC[C@H](C(F)(F)F)C2)cc1. The minimum Gasteiger partial charge on any atom is -0.352 e. The third-order valence-corrected chi connectivity index (χ3v) is 4.23. The maximum atomic E-state index is 12.8. The van der Waals surface area contributed by atoms with Crippen molar-refractivity contribution in [3.8, 4) is 0 Å². The molecule has 0 spiro atoms. The van der Waals surface area contributed by atoms with E-state index in [-0.39, 0.29) is 25.3 Å². The molecule has 2 N–H and O–H groups in total. The zero-order valence-corrected chi connectivity index (χ0v) is 13.5. The average Bonchev–Trinajstić information content (AvgIpc) is 2.53. The molecule has 2 atom stereocenters. The van der Waals surface area contributed by atoms with E-state index in [2.05, 4.69) is 10.6 Å². The first kappa shape index (κ1) is 18.3. The van der Waals surface area contributed by atoms with Gasteiger partial charge in [0.1, 0.15) is 0 Å². The van der Waals surface area contributed by atoms with E-state index in [1.807, 2.05) is 6.92 Å². The van der Waals surface area contributed by atoms with E-state index in [4.69, 9.17) is 0 Å². The number of rotatable bonds is 4. The third-order valence-electron chi connectivity index (χ3n) is 4.23. The Morgan fingerprint density at radius 2 is 1.83 bits per heavy atom. The summed E-state index contributed by atoms with van der Waals surface area (Å²) >= 11 is 0. The van der Waals surface area contributed by atoms with E-state index in [9.17, 15) is 22.8 Å². The lowest BCUT2D eigenvalue weighted by atomic mass is 9.85. The molecule has 1 saturated carbocycles. The van der Waals surface area contributed by atoms with Crippen LogP contribution in [0.4, 0.5) is 13.2 Å². The Bertz CT molecular complexity index is 584. The van der Waals surface area contributed by atoms with Gasteiger partial charge < -0.3 is 10.6 Å². The van der Waals surface area contributed by atoms with Crippen LogP contribution in [0.3, 0.4) is 0 Å². The standard InChI is InChI=1S/C17H21F3N2O2/c1-11-5-7-12(8-6-11)16(24)21-10-15(23)22-14-4-2-3-13(9-14)17(18,19)20/h5-8,13-14H,2-4,9-10H2,1H3,(H,21,24)(H,22,23)/t13-,14-/m0/s1. The summed E-state index contributed by atoms with van der Waals surface area (Å²) in [6, 6.07) is 6.38. The molecule has 132 valence electrons. The molecule has 24 heavy (non-hydrogen) atoms. The Balaban J connectivity index is 1.78. The van der Waals surface area contributed by atoms with Crippen LogP contribution in [-0.2, 0) is 4.79 Å². The number of hydrogen-bond donors (Lipinski definition) is 2. The Morgan fingerprint density at radius 3 is 2.46 bits per heavy atom. The second-order valence-corrected chi connectivity index (χ2v) is 6.22. The molecule has 2 rings (SSSR count). The number of carbonyl (C=O) groups is 2. The monoisotopic (exact) mass is 342 g/mol. The lowest BCUT2D eigenvalue weighted by molar-refractivity contribution is -0.184. The third kappa shape index (κ3) is 5.25. The summed E-state index contributed by atoms with van der Waals surface area (Å²) in [6.45, 7) is 1.65. The van der Waals surface area contributed by atoms with Crippen LogP contribution in [0, 0.1) is 12.8 Å². The predicted molar refractivity (Wildman–Crippen MR) is 83.5 cm³/mol. The number of amides is 2. The van der Waals surface area contributed by atoms with Crippen molar-refractivity contribution >= 4 is 11.8 Å². The number of halogens is 3. The molecule has 1 aromatic carbocycles. The van der Waals surface area contributed by atoms with Crippen LogP contribution >= 0.6 is 0 Å². The van der Waals surface area contributed by atoms with Crippen molar-refractivity contribution in [2.24, 2.45) is 5.92 Å². The van der Waals surface area contributed by atoms with Crippen LogP contribution in [0.1, 0.15) is 41.6 Å². The molecule has 0 saturated heterocycles. The zero-order chi connectivity index (χ0) is 17.7. The number of benzene rings is 1. The number of hydrogen-bond acceptors (Lipinski definition) is 2. The highest BCUT2D eigenvalue weighted by molar-refractivity contribution is 5.96. The van der Waals surface area contributed by atoms with Crippen LogP contribution < -0.4 is 10.6 Å². The highest BCUT2D eigenvalue weighted by Gasteiger charge is 2.42. The molecule has 7 heteroatoms. The Hall–Kier alpha value is -2.05. The average molecular weight is 342 g/mol. The fourth-order valence-corrected chi connectivity index (χ4v) is 2.86. The van der Waals surface area contributed by atoms with Crippen molar-refractivity contribution in [1.82, 2.24) is 10.6 Å². The van der Waals surface area contributed by atoms with Gasteiger partial charge in [-0.15, -0.1) is 0 Å². The summed E-state index contributed by atoms with van der Waals surface area (Å²) < 4.78 is 38.3. The topological polar surface area (TPSA) is 58.2 Å². The second kappa shape index (κ2) is 7.68. The summed E-state index contributed by atoms with van der Waals surface area (Å²) in [5.41, 5.74) is 1.45. The Kier molecular flexibility index (Phi) is 5.85. The predicted octanol–water partition coefficient (Wildman–Crippen LogP) is 2.96. The first-order valence-electron chi connectivity index (χ1n) is 7.96. The van der Waals surface area contributed by atoms with Crippen molar-refractivity contribution in [3.05, 3.63) is 35.4 Å². The molecule has 0 aliphatic heterocycles. The number of alkyl halides is 3. The normalized spacial score (nSPS) is 21.2. The molecular formula is C17H21F3N2O2. The molecule has 1 fully saturated rings. The minimum atomic E-state index is -4.22. The maximum Gasteiger partial charge on any atom is 0.391 e. The fourth-order valence-electron chi connectivity index (χ4n) is 2.86. The van der Waals surface area contributed by atoms with Crippen LogP contribution in [-0.4, -0.2) is 30.6 Å². The van der Waals surface area contributed by atoms with Crippen LogP contribution in [0.2, 0.25) is 0 Å². The summed E-state index contributed by atoms with van der Waals surface area (Å²) in [6.07, 6.45) is -3.24. The van der Waals surface area contributed by atoms with E-state index in [0.29, 0.717) is 18.4 Å². The van der Waals surface area contributed by atoms with Gasteiger partial charge >= 0.3 is 6.18 Å². The summed E-state index contributed by atoms with van der Waals surface area (Å²) in [7, 11) is 0. The molecule has 4 nitrogen and oxygen atoms in total. The Labute approximate surface area is 138 Å². The van der Waals surface area contributed by atoms with Crippen molar-refractivity contribution in [2.75, 3.05) is 6.54 Å². The molecule has 0 unspecified atom stereocenters. The van der Waals surface area contributed by atoms with E-state index in [0.717, 1.165) is 5.56 Å². The van der Waals surface area contributed by atoms with Gasteiger partial charge in [0.2, 0.25) is 5.91 Å². The van der Waals surface area contributed by atoms with Gasteiger partial charge in [-0.2, -0.15) is 13.2 Å². The lowest BCUT2D eigenvalue weighted by Gasteiger charge is -2.31. The molecule has 0 radical (unpaired) electrons. The van der Waals surface area contributed by atoms with Gasteiger partial charge in [0.25, 0.3) is 5.91 Å². The Morgan fingerprint density at radius 1 is 1.17 bits per heavy atom. The van der Waals surface area contributed by atoms with E-state index < -0.39 is 24.0 Å². The van der Waals surface area contributed by atoms with Crippen LogP contribution in [0.5, 0.6) is 0 Å². The van der Waals surface area contributed by atoms with Gasteiger partial charge in [-0.05, 0) is 38.3 Å². The summed E-state index contributed by atoms with van der Waals surface area (Å²) in [4.78, 5) is 23.7. The highest BCUT2D eigenvalue weighted by Crippen LogP contribution is 2.37. The lowest BCUT2D eigenvalue weighted by Crippen LogP contribution is -2.45. The van der Waals surface area contributed by atoms with Crippen molar-refractivity contribution in [2.45, 2.75) is 44.8 Å². The first-order chi connectivity index (χ1) is 11.3. The molecular weight excluding hydrogens is 321 g/mol. The quantitative estimate of drug-likeness (QED) is 0.884. The van der Waals surface area contributed by atoms with Crippen LogP contribution in [0.25, 0.3) is 0 Å². The van der Waals surface area contributed by atoms with Crippen molar-refractivity contribution < 1.29 is 22.8 Å². The van der Waals surface area contributed by atoms with Gasteiger partial charge in [0.15, 0.2) is 0 Å². The van der Waals surface area contributed by atoms with Gasteiger partial charge in [-0.3, -0.25) is 9.59 Å².